The second kappa shape index (κ2) is 64.5. The van der Waals surface area contributed by atoms with Crippen LogP contribution in [0.2, 0.25) is 0 Å². The van der Waals surface area contributed by atoms with Crippen LogP contribution in [0.15, 0.2) is 0 Å². The van der Waals surface area contributed by atoms with Gasteiger partial charge >= 0.3 is 18.0 Å². The molecule has 42 nitrogen and oxygen atoms in total. The van der Waals surface area contributed by atoms with Crippen LogP contribution in [0.25, 0.3) is 0 Å². The van der Waals surface area contributed by atoms with E-state index in [4.69, 9.17) is 52.1 Å². The molecule has 42 heteroatoms. The minimum Gasteiger partial charge on any atom is -0.466 e. The molecule has 0 aromatic carbocycles. The van der Waals surface area contributed by atoms with E-state index in [1.165, 1.54) is 20.8 Å². The van der Waals surface area contributed by atoms with E-state index in [0.29, 0.717) is 104 Å². The van der Waals surface area contributed by atoms with E-state index in [1.54, 1.807) is 19.1 Å². The molecule has 4 heterocycles. The summed E-state index contributed by atoms with van der Waals surface area (Å²) in [7, 11) is 3.17. The van der Waals surface area contributed by atoms with Crippen molar-refractivity contribution in [3.63, 3.8) is 0 Å². The number of alkyl carbamates (subject to hydrolysis) is 1. The van der Waals surface area contributed by atoms with Gasteiger partial charge in [0.2, 0.25) is 53.2 Å². The fraction of sp³-hybridized carbons (Fsp3) is 0.857. The van der Waals surface area contributed by atoms with Crippen LogP contribution in [0.3, 0.4) is 0 Å². The molecule has 0 aromatic heterocycles. The second-order valence-corrected chi connectivity index (χ2v) is 32.6. The molecule has 0 saturated carbocycles. The zero-order valence-electron chi connectivity index (χ0n) is 74.3. The lowest BCUT2D eigenvalue weighted by Crippen LogP contribution is -2.64. The molecule has 4 fully saturated rings. The van der Waals surface area contributed by atoms with E-state index in [-0.39, 0.29) is 191 Å². The van der Waals surface area contributed by atoms with Crippen LogP contribution < -0.4 is 47.9 Å². The maximum atomic E-state index is 14.1. The first-order valence-corrected chi connectivity index (χ1v) is 44.9. The lowest BCUT2D eigenvalue weighted by molar-refractivity contribution is -0.270. The molecule has 4 saturated heterocycles. The van der Waals surface area contributed by atoms with Crippen molar-refractivity contribution < 1.29 is 156 Å². The van der Waals surface area contributed by atoms with E-state index >= 15 is 0 Å². The van der Waals surface area contributed by atoms with Crippen molar-refractivity contribution in [1.82, 2.24) is 52.8 Å². The van der Waals surface area contributed by atoms with Crippen molar-refractivity contribution in [2.75, 3.05) is 120 Å². The highest BCUT2D eigenvalue weighted by Crippen LogP contribution is 2.30. The summed E-state index contributed by atoms with van der Waals surface area (Å²) in [5.41, 5.74) is -1.05. The van der Waals surface area contributed by atoms with Gasteiger partial charge in [0.1, 0.15) is 73.1 Å². The first kappa shape index (κ1) is 111. The number of nitrogens with zero attached hydrogens (tertiary/aromatic N) is 1. The Balaban J connectivity index is 1.29. The molecule has 18 N–H and O–H groups in total. The van der Waals surface area contributed by atoms with Gasteiger partial charge in [0.05, 0.1) is 78.2 Å². The third kappa shape index (κ3) is 44.9. The summed E-state index contributed by atoms with van der Waals surface area (Å²) in [6, 6.07) is -3.43. The van der Waals surface area contributed by atoms with Gasteiger partial charge in [-0.15, -0.1) is 0 Å². The summed E-state index contributed by atoms with van der Waals surface area (Å²) in [5.74, 6) is -3.94. The SMILES string of the molecule is COC[C@H]1C[C@H](OC)CN1C(=O)CCCNC(=O)CCC(=O)NC(CCCOC(=O)CCCCCCCNC(=O)CCCOC1OC(CO)C(O)C(O)C1NC(C)=O)(CCCOC(=O)CCCCCCCNC(=O)CCCOC1OC(CO)C(O)C(O)C1NC(C)=O)CCCOC(=O)NCCCCCCNC(=O)CCCOC1OC(CO)C(O)C(O)C1NC(C)=O. The zero-order chi connectivity index (χ0) is 92.6. The van der Waals surface area contributed by atoms with Gasteiger partial charge in [0.15, 0.2) is 18.9 Å². The first-order valence-electron chi connectivity index (χ1n) is 44.9. The number of nitrogens with one attached hydrogen (secondary N) is 9. The Morgan fingerprint density at radius 3 is 1.08 bits per heavy atom. The van der Waals surface area contributed by atoms with Gasteiger partial charge < -0.3 is 151 Å². The summed E-state index contributed by atoms with van der Waals surface area (Å²) >= 11 is 0. The number of likely N-dealkylation sites (tertiary alicyclic amines) is 1. The first-order chi connectivity index (χ1) is 60.5. The molecular weight excluding hydrogens is 1660 g/mol. The highest BCUT2D eigenvalue weighted by Gasteiger charge is 2.48. The molecule has 10 amide bonds. The lowest BCUT2D eigenvalue weighted by Gasteiger charge is -2.42. The standard InChI is InChI=1S/C84H148N10O32/c1-55(98)90-71-77(112)74(109)60(51-95)124-80(71)120-43-21-27-63(101)85-38-16-10-6-8-14-31-69(107)118-46-24-35-84(93-67(105)34-33-66(104)88-42-20-30-68(106)94-50-59(117-5)49-58(94)54-116-4,36-25-47-119-70(108)32-15-9-7-11-17-39-86-64(102)28-22-44-121-81-72(91-56(2)99)78(113)75(110)61(52-96)125-81)37-26-48-123-83(115)89-41-19-13-12-18-40-87-65(103)29-23-45-122-82-73(92-57(3)100)79(114)76(111)62(53-97)126-82/h58-62,71-82,95-97,109-114H,6-54H2,1-5H3,(H,85,101)(H,86,102)(H,87,103)(H,88,104)(H,89,115)(H,90,98)(H,91,99)(H,92,100)(H,93,105)/t58-,59+,60?,61?,62?,71?,72?,73?,74?,75?,76?,77?,78?,79?,80?,81?,82?,84?/m1/s1. The molecule has 0 aliphatic carbocycles. The van der Waals surface area contributed by atoms with Crippen LogP contribution in [0.4, 0.5) is 4.79 Å². The van der Waals surface area contributed by atoms with Crippen molar-refractivity contribution in [2.45, 2.75) is 342 Å². The third-order valence-electron chi connectivity index (χ3n) is 22.1. The second-order valence-electron chi connectivity index (χ2n) is 32.6. The van der Waals surface area contributed by atoms with E-state index in [0.717, 1.165) is 38.5 Å². The molecular formula is C84H148N10O32. The van der Waals surface area contributed by atoms with Crippen LogP contribution in [0, 0.1) is 0 Å². The Morgan fingerprint density at radius 2 is 0.714 bits per heavy atom. The number of methoxy groups -OCH3 is 2. The van der Waals surface area contributed by atoms with E-state index < -0.39 is 165 Å². The van der Waals surface area contributed by atoms with Crippen LogP contribution >= 0.6 is 0 Å². The minimum atomic E-state index is -1.46. The van der Waals surface area contributed by atoms with Gasteiger partial charge in [-0.3, -0.25) is 52.7 Å². The number of hydrogen-bond acceptors (Lipinski definition) is 32. The Hall–Kier alpha value is -7.24. The Bertz CT molecular complexity index is 2920. The van der Waals surface area contributed by atoms with Gasteiger partial charge in [-0.05, 0) is 109 Å². The number of aliphatic hydroxyl groups is 9. The number of rotatable bonds is 67. The average Bonchev–Trinajstić information content (AvgIpc) is 0.960. The molecule has 4 aliphatic heterocycles. The number of hydrogen-bond donors (Lipinski definition) is 18. The maximum absolute atomic E-state index is 14.1. The molecule has 126 heavy (non-hydrogen) atoms. The molecule has 0 bridgehead atoms. The lowest BCUT2D eigenvalue weighted by atomic mass is 9.83. The number of carbonyl (C=O) groups excluding carboxylic acids is 12. The van der Waals surface area contributed by atoms with Crippen molar-refractivity contribution >= 4 is 71.2 Å². The predicted octanol–water partition coefficient (Wildman–Crippen LogP) is -1.25. The van der Waals surface area contributed by atoms with Gasteiger partial charge in [0, 0.05) is 131 Å². The molecule has 4 rings (SSSR count). The maximum Gasteiger partial charge on any atom is 0.407 e. The Kier molecular flexibility index (Phi) is 56.9. The molecule has 17 atom stereocenters. The number of unbranched alkanes of at least 4 members (excludes halogenated alkanes) is 11. The normalized spacial score (nSPS) is 24.5. The van der Waals surface area contributed by atoms with Crippen LogP contribution in [-0.2, 0) is 105 Å². The monoisotopic (exact) mass is 1810 g/mol. The fourth-order valence-electron chi connectivity index (χ4n) is 15.2. The van der Waals surface area contributed by atoms with E-state index in [1.807, 2.05) is 0 Å². The summed E-state index contributed by atoms with van der Waals surface area (Å²) in [6.45, 7) is 4.41. The van der Waals surface area contributed by atoms with E-state index in [2.05, 4.69) is 47.9 Å². The largest absolute Gasteiger partial charge is 0.466 e. The highest BCUT2D eigenvalue weighted by molar-refractivity contribution is 5.84. The van der Waals surface area contributed by atoms with Crippen LogP contribution in [-0.4, -0.2) is 351 Å². The molecule has 0 aromatic rings. The predicted molar refractivity (Wildman–Crippen MR) is 449 cm³/mol. The summed E-state index contributed by atoms with van der Waals surface area (Å²) in [5, 5.41) is 116. The molecule has 4 aliphatic rings. The topological polar surface area (TPSA) is 600 Å². The molecule has 0 radical (unpaired) electrons. The Morgan fingerprint density at radius 1 is 0.373 bits per heavy atom. The number of amides is 10. The smallest absolute Gasteiger partial charge is 0.407 e. The van der Waals surface area contributed by atoms with Gasteiger partial charge in [-0.1, -0.05) is 51.4 Å². The number of aliphatic hydroxyl groups excluding tert-OH is 9. The quantitative estimate of drug-likeness (QED) is 0.0192. The van der Waals surface area contributed by atoms with E-state index in [9.17, 15) is 103 Å². The van der Waals surface area contributed by atoms with Crippen molar-refractivity contribution in [2.24, 2.45) is 0 Å². The fourth-order valence-corrected chi connectivity index (χ4v) is 15.2. The third-order valence-corrected chi connectivity index (χ3v) is 22.1. The van der Waals surface area contributed by atoms with Crippen LogP contribution in [0.1, 0.15) is 233 Å². The van der Waals surface area contributed by atoms with Crippen molar-refractivity contribution in [3.8, 4) is 0 Å². The number of esters is 2. The van der Waals surface area contributed by atoms with Crippen molar-refractivity contribution in [1.29, 1.82) is 0 Å². The summed E-state index contributed by atoms with van der Waals surface area (Å²) in [6.07, 6.45) is -2.98. The molecule has 726 valence electrons. The van der Waals surface area contributed by atoms with Gasteiger partial charge in [-0.25, -0.2) is 4.79 Å². The molecule has 0 spiro atoms. The van der Waals surface area contributed by atoms with Gasteiger partial charge in [-0.2, -0.15) is 0 Å². The zero-order valence-corrected chi connectivity index (χ0v) is 74.3. The Labute approximate surface area is 738 Å². The molecule has 15 unspecified atom stereocenters. The average molecular weight is 1810 g/mol. The van der Waals surface area contributed by atoms with Crippen molar-refractivity contribution in [3.05, 3.63) is 0 Å². The number of ether oxygens (including phenoxy) is 11. The highest BCUT2D eigenvalue weighted by atomic mass is 16.7. The number of carbonyl (C=O) groups is 12. The minimum absolute atomic E-state index is 0.00959. The van der Waals surface area contributed by atoms with Gasteiger partial charge in [0.25, 0.3) is 0 Å². The summed E-state index contributed by atoms with van der Waals surface area (Å²) < 4.78 is 61.6. The summed E-state index contributed by atoms with van der Waals surface area (Å²) in [4.78, 5) is 155. The van der Waals surface area contributed by atoms with Crippen LogP contribution in [0.5, 0.6) is 0 Å².